The molecule has 0 bridgehead atoms. The molecule has 0 amide bonds. The second kappa shape index (κ2) is 5.85. The first kappa shape index (κ1) is 14.9. The molecule has 2 aliphatic rings. The summed E-state index contributed by atoms with van der Waals surface area (Å²) in [5.74, 6) is 1.65. The minimum Gasteiger partial charge on any atom is -0.370 e. The van der Waals surface area contributed by atoms with Gasteiger partial charge in [-0.25, -0.2) is 0 Å². The second-order valence-corrected chi connectivity index (χ2v) is 7.61. The van der Waals surface area contributed by atoms with Crippen LogP contribution < -0.4 is 4.90 Å². The Labute approximate surface area is 148 Å². The molecule has 3 nitrogen and oxygen atoms in total. The number of aromatic nitrogens is 1. The van der Waals surface area contributed by atoms with Gasteiger partial charge >= 0.3 is 0 Å². The summed E-state index contributed by atoms with van der Waals surface area (Å²) in [4.78, 5) is 9.74. The maximum Gasteiger partial charge on any atom is 0.0703 e. The SMILES string of the molecule is CN1CC2CN(c3ccc(-c4ccc5ccccc5c4)nc3)CC2C1. The third kappa shape index (κ3) is 2.69. The first-order valence-corrected chi connectivity index (χ1v) is 9.15. The van der Waals surface area contributed by atoms with Crippen molar-refractivity contribution >= 4 is 16.5 Å². The highest BCUT2D eigenvalue weighted by Crippen LogP contribution is 2.33. The lowest BCUT2D eigenvalue weighted by Crippen LogP contribution is -2.26. The fourth-order valence-electron chi connectivity index (χ4n) is 4.53. The van der Waals surface area contributed by atoms with Crippen LogP contribution in [-0.2, 0) is 0 Å². The highest BCUT2D eigenvalue weighted by molar-refractivity contribution is 5.86. The van der Waals surface area contributed by atoms with Crippen molar-refractivity contribution in [1.29, 1.82) is 0 Å². The Morgan fingerprint density at radius 2 is 1.60 bits per heavy atom. The second-order valence-electron chi connectivity index (χ2n) is 7.61. The van der Waals surface area contributed by atoms with Gasteiger partial charge in [-0.05, 0) is 47.9 Å². The van der Waals surface area contributed by atoms with Crippen molar-refractivity contribution in [2.24, 2.45) is 11.8 Å². The average molecular weight is 329 g/mol. The molecular formula is C22H23N3. The van der Waals surface area contributed by atoms with Gasteiger partial charge in [0.15, 0.2) is 0 Å². The zero-order valence-corrected chi connectivity index (χ0v) is 14.6. The van der Waals surface area contributed by atoms with Crippen LogP contribution in [0.15, 0.2) is 60.8 Å². The van der Waals surface area contributed by atoms with Crippen LogP contribution >= 0.6 is 0 Å². The summed E-state index contributed by atoms with van der Waals surface area (Å²) < 4.78 is 0. The molecule has 2 unspecified atom stereocenters. The standard InChI is InChI=1S/C22H23N3/c1-24-12-19-14-25(15-20(19)13-24)21-8-9-22(23-11-21)18-7-6-16-4-2-3-5-17(16)10-18/h2-11,19-20H,12-15H2,1H3. The van der Waals surface area contributed by atoms with Crippen molar-refractivity contribution in [3.05, 3.63) is 60.8 Å². The minimum absolute atomic E-state index is 0.824. The van der Waals surface area contributed by atoms with Gasteiger partial charge in [0.2, 0.25) is 0 Å². The van der Waals surface area contributed by atoms with Gasteiger partial charge in [-0.3, -0.25) is 4.98 Å². The Morgan fingerprint density at radius 1 is 0.840 bits per heavy atom. The van der Waals surface area contributed by atoms with Crippen molar-refractivity contribution in [3.63, 3.8) is 0 Å². The van der Waals surface area contributed by atoms with E-state index in [9.17, 15) is 0 Å². The molecule has 0 N–H and O–H groups in total. The first-order valence-electron chi connectivity index (χ1n) is 9.15. The highest BCUT2D eigenvalue weighted by atomic mass is 15.2. The van der Waals surface area contributed by atoms with E-state index in [1.807, 2.05) is 0 Å². The molecule has 0 aliphatic carbocycles. The normalized spacial score (nSPS) is 23.3. The van der Waals surface area contributed by atoms with Crippen molar-refractivity contribution in [3.8, 4) is 11.3 Å². The first-order chi connectivity index (χ1) is 12.3. The molecular weight excluding hydrogens is 306 g/mol. The maximum absolute atomic E-state index is 4.76. The maximum atomic E-state index is 4.76. The lowest BCUT2D eigenvalue weighted by molar-refractivity contribution is 0.387. The number of hydrogen-bond donors (Lipinski definition) is 0. The number of rotatable bonds is 2. The lowest BCUT2D eigenvalue weighted by atomic mass is 10.0. The number of pyridine rings is 1. The summed E-state index contributed by atoms with van der Waals surface area (Å²) in [6, 6.07) is 19.5. The molecule has 3 heteroatoms. The number of benzene rings is 2. The minimum atomic E-state index is 0.824. The van der Waals surface area contributed by atoms with Crippen molar-refractivity contribution in [2.45, 2.75) is 0 Å². The molecule has 3 heterocycles. The van der Waals surface area contributed by atoms with Crippen LogP contribution in [0.3, 0.4) is 0 Å². The molecule has 2 saturated heterocycles. The van der Waals surface area contributed by atoms with Crippen LogP contribution in [0.1, 0.15) is 0 Å². The van der Waals surface area contributed by atoms with E-state index in [0.29, 0.717) is 0 Å². The van der Waals surface area contributed by atoms with Crippen molar-refractivity contribution in [2.75, 3.05) is 38.1 Å². The smallest absolute Gasteiger partial charge is 0.0703 e. The molecule has 2 aromatic carbocycles. The van der Waals surface area contributed by atoms with Gasteiger partial charge in [0.1, 0.15) is 0 Å². The molecule has 0 spiro atoms. The molecule has 5 rings (SSSR count). The molecule has 2 atom stereocenters. The number of anilines is 1. The number of hydrogen-bond acceptors (Lipinski definition) is 3. The van der Waals surface area contributed by atoms with E-state index < -0.39 is 0 Å². The van der Waals surface area contributed by atoms with Gasteiger partial charge in [-0.15, -0.1) is 0 Å². The number of nitrogens with zero attached hydrogens (tertiary/aromatic N) is 3. The molecule has 2 fully saturated rings. The predicted octanol–water partition coefficient (Wildman–Crippen LogP) is 3.90. The topological polar surface area (TPSA) is 19.4 Å². The van der Waals surface area contributed by atoms with Gasteiger partial charge in [-0.2, -0.15) is 0 Å². The van der Waals surface area contributed by atoms with Crippen LogP contribution in [0, 0.1) is 11.8 Å². The van der Waals surface area contributed by atoms with E-state index in [2.05, 4.69) is 77.6 Å². The highest BCUT2D eigenvalue weighted by Gasteiger charge is 2.38. The lowest BCUT2D eigenvalue weighted by Gasteiger charge is -2.21. The summed E-state index contributed by atoms with van der Waals surface area (Å²) in [7, 11) is 2.24. The zero-order valence-electron chi connectivity index (χ0n) is 14.6. The van der Waals surface area contributed by atoms with Crippen LogP contribution in [0.4, 0.5) is 5.69 Å². The quantitative estimate of drug-likeness (QED) is 0.711. The molecule has 2 aliphatic heterocycles. The van der Waals surface area contributed by atoms with Crippen LogP contribution in [0.25, 0.3) is 22.0 Å². The van der Waals surface area contributed by atoms with Gasteiger partial charge in [-0.1, -0.05) is 36.4 Å². The third-order valence-corrected chi connectivity index (χ3v) is 5.83. The Balaban J connectivity index is 1.38. The fraction of sp³-hybridized carbons (Fsp3) is 0.318. The number of likely N-dealkylation sites (tertiary alicyclic amines) is 1. The number of fused-ring (bicyclic) bond motifs is 2. The Kier molecular flexibility index (Phi) is 3.49. The van der Waals surface area contributed by atoms with E-state index in [1.54, 1.807) is 0 Å². The largest absolute Gasteiger partial charge is 0.370 e. The van der Waals surface area contributed by atoms with E-state index in [-0.39, 0.29) is 0 Å². The summed E-state index contributed by atoms with van der Waals surface area (Å²) >= 11 is 0. The third-order valence-electron chi connectivity index (χ3n) is 5.83. The summed E-state index contributed by atoms with van der Waals surface area (Å²) in [6.45, 7) is 4.82. The fourth-order valence-corrected chi connectivity index (χ4v) is 4.53. The average Bonchev–Trinajstić information content (AvgIpc) is 3.19. The predicted molar refractivity (Wildman–Crippen MR) is 104 cm³/mol. The summed E-state index contributed by atoms with van der Waals surface area (Å²) in [6.07, 6.45) is 2.05. The van der Waals surface area contributed by atoms with Crippen LogP contribution in [-0.4, -0.2) is 43.1 Å². The Morgan fingerprint density at radius 3 is 2.32 bits per heavy atom. The van der Waals surface area contributed by atoms with Crippen LogP contribution in [0.5, 0.6) is 0 Å². The van der Waals surface area contributed by atoms with E-state index in [1.165, 1.54) is 48.2 Å². The molecule has 1 aromatic heterocycles. The zero-order chi connectivity index (χ0) is 16.8. The van der Waals surface area contributed by atoms with Crippen LogP contribution in [0.2, 0.25) is 0 Å². The van der Waals surface area contributed by atoms with E-state index in [4.69, 9.17) is 4.98 Å². The summed E-state index contributed by atoms with van der Waals surface area (Å²) in [5, 5.41) is 2.54. The van der Waals surface area contributed by atoms with Gasteiger partial charge in [0.25, 0.3) is 0 Å². The Hall–Kier alpha value is -2.39. The van der Waals surface area contributed by atoms with Gasteiger partial charge in [0.05, 0.1) is 17.6 Å². The van der Waals surface area contributed by atoms with E-state index in [0.717, 1.165) is 17.5 Å². The molecule has 0 radical (unpaired) electrons. The molecule has 0 saturated carbocycles. The summed E-state index contributed by atoms with van der Waals surface area (Å²) in [5.41, 5.74) is 3.50. The van der Waals surface area contributed by atoms with Crippen molar-refractivity contribution in [1.82, 2.24) is 9.88 Å². The monoisotopic (exact) mass is 329 g/mol. The van der Waals surface area contributed by atoms with Gasteiger partial charge < -0.3 is 9.80 Å². The van der Waals surface area contributed by atoms with Gasteiger partial charge in [0, 0.05) is 31.7 Å². The van der Waals surface area contributed by atoms with E-state index >= 15 is 0 Å². The molecule has 25 heavy (non-hydrogen) atoms. The molecule has 3 aromatic rings. The Bertz CT molecular complexity index is 889. The molecule has 126 valence electrons. The van der Waals surface area contributed by atoms with Crippen molar-refractivity contribution < 1.29 is 0 Å².